The molecule has 370 valence electrons. The van der Waals surface area contributed by atoms with E-state index in [1.807, 2.05) is 12.1 Å². The minimum atomic E-state index is -0.512. The number of hydrogen-bond donors (Lipinski definition) is 0. The summed E-state index contributed by atoms with van der Waals surface area (Å²) in [6, 6.07) is 25.8. The number of hydrogen-bond acceptors (Lipinski definition) is 15. The van der Waals surface area contributed by atoms with Gasteiger partial charge < -0.3 is 61.6 Å². The van der Waals surface area contributed by atoms with Gasteiger partial charge in [0.15, 0.2) is 0 Å². The minimum absolute atomic E-state index is 0.0611. The molecule has 0 bridgehead atoms. The summed E-state index contributed by atoms with van der Waals surface area (Å²) in [5.41, 5.74) is 6.82. The lowest BCUT2D eigenvalue weighted by molar-refractivity contribution is -0.140. The lowest BCUT2D eigenvalue weighted by atomic mass is 9.66. The van der Waals surface area contributed by atoms with E-state index in [1.165, 1.54) is 27.8 Å². The van der Waals surface area contributed by atoms with E-state index in [2.05, 4.69) is 92.0 Å². The highest BCUT2D eigenvalue weighted by molar-refractivity contribution is 5.86. The van der Waals surface area contributed by atoms with Crippen LogP contribution in [0.3, 0.4) is 0 Å². The number of esters is 2. The molecule has 1 unspecified atom stereocenters. The van der Waals surface area contributed by atoms with Crippen LogP contribution >= 0.6 is 0 Å². The van der Waals surface area contributed by atoms with Crippen LogP contribution in [-0.4, -0.2) is 163 Å². The van der Waals surface area contributed by atoms with Gasteiger partial charge in [-0.1, -0.05) is 92.0 Å². The van der Waals surface area contributed by atoms with E-state index >= 15 is 0 Å². The van der Waals surface area contributed by atoms with E-state index in [-0.39, 0.29) is 19.3 Å². The molecule has 2 aliphatic rings. The van der Waals surface area contributed by atoms with Crippen molar-refractivity contribution in [3.63, 3.8) is 0 Å². The maximum absolute atomic E-state index is 11.0. The Hall–Kier alpha value is -5.04. The van der Waals surface area contributed by atoms with E-state index in [0.29, 0.717) is 132 Å². The molecule has 2 aliphatic carbocycles. The van der Waals surface area contributed by atoms with Crippen LogP contribution in [0, 0.1) is 0 Å². The number of benzene rings is 3. The molecule has 0 saturated carbocycles. The zero-order valence-electron chi connectivity index (χ0n) is 39.2. The average Bonchev–Trinajstić information content (AvgIpc) is 3.68. The van der Waals surface area contributed by atoms with Crippen LogP contribution in [-0.2, 0) is 71.8 Å². The Kier molecular flexibility index (Phi) is 25.9. The average molecular weight is 945 g/mol. The number of carbonyl (C=O) groups is 2. The summed E-state index contributed by atoms with van der Waals surface area (Å²) in [6.07, 6.45) is 9.62. The van der Waals surface area contributed by atoms with E-state index in [0.717, 1.165) is 29.9 Å². The zero-order valence-corrected chi connectivity index (χ0v) is 39.2. The first-order valence-electron chi connectivity index (χ1n) is 23.3. The Bertz CT molecular complexity index is 1930. The fourth-order valence-corrected chi connectivity index (χ4v) is 7.57. The topological polar surface area (TPSA) is 154 Å². The van der Waals surface area contributed by atoms with Crippen LogP contribution in [0.15, 0.2) is 122 Å². The van der Waals surface area contributed by atoms with Crippen molar-refractivity contribution in [1.82, 2.24) is 0 Å². The summed E-state index contributed by atoms with van der Waals surface area (Å²) in [4.78, 5) is 21.9. The summed E-state index contributed by atoms with van der Waals surface area (Å²) in [7, 11) is 0. The highest BCUT2D eigenvalue weighted by Gasteiger charge is 2.46. The predicted molar refractivity (Wildman–Crippen MR) is 255 cm³/mol. The number of fused-ring (bicyclic) bond motifs is 3. The second-order valence-corrected chi connectivity index (χ2v) is 15.1. The molecule has 0 saturated heterocycles. The van der Waals surface area contributed by atoms with Gasteiger partial charge in [0.2, 0.25) is 0 Å². The second-order valence-electron chi connectivity index (χ2n) is 15.1. The number of allylic oxidation sites excluding steroid dienone is 2. The lowest BCUT2D eigenvalue weighted by Crippen LogP contribution is -2.30. The van der Waals surface area contributed by atoms with Crippen LogP contribution < -0.4 is 4.74 Å². The van der Waals surface area contributed by atoms with Gasteiger partial charge in [0, 0.05) is 12.2 Å². The van der Waals surface area contributed by atoms with E-state index in [4.69, 9.17) is 61.6 Å². The molecule has 68 heavy (non-hydrogen) atoms. The van der Waals surface area contributed by atoms with E-state index in [9.17, 15) is 9.59 Å². The van der Waals surface area contributed by atoms with Gasteiger partial charge in [0.1, 0.15) is 25.6 Å². The molecule has 15 nitrogen and oxygen atoms in total. The van der Waals surface area contributed by atoms with Gasteiger partial charge in [-0.15, -0.1) is 0 Å². The quantitative estimate of drug-likeness (QED) is 0.0359. The van der Waals surface area contributed by atoms with Crippen molar-refractivity contribution in [3.8, 4) is 16.9 Å². The van der Waals surface area contributed by atoms with Crippen molar-refractivity contribution in [3.05, 3.63) is 139 Å². The monoisotopic (exact) mass is 944 g/mol. The maximum atomic E-state index is 11.0. The third kappa shape index (κ3) is 18.1. The summed E-state index contributed by atoms with van der Waals surface area (Å²) >= 11 is 0. The van der Waals surface area contributed by atoms with E-state index in [1.54, 1.807) is 0 Å². The smallest absolute Gasteiger partial charge is 0.330 e. The summed E-state index contributed by atoms with van der Waals surface area (Å²) < 4.78 is 71.8. The van der Waals surface area contributed by atoms with Crippen molar-refractivity contribution >= 4 is 11.9 Å². The summed E-state index contributed by atoms with van der Waals surface area (Å²) in [5, 5.41) is 0. The Morgan fingerprint density at radius 3 is 1.26 bits per heavy atom. The molecular weight excluding hydrogens is 877 g/mol. The molecule has 3 aromatic rings. The predicted octanol–water partition coefficient (Wildman–Crippen LogP) is 6.26. The molecule has 0 fully saturated rings. The van der Waals surface area contributed by atoms with Crippen molar-refractivity contribution in [2.24, 2.45) is 0 Å². The Morgan fingerprint density at radius 1 is 0.485 bits per heavy atom. The van der Waals surface area contributed by atoms with Gasteiger partial charge in [0.05, 0.1) is 137 Å². The Morgan fingerprint density at radius 2 is 0.868 bits per heavy atom. The minimum Gasteiger partial charge on any atom is -0.491 e. The SMILES string of the molecule is C=CC(=O)OCCOCCOCCOCCOCCOCCOc1ccc(C2(C3=CCC(OCCOCCOCCOCCOCCOC(=O)C=C)C=C3)c3ccccc3-c3ccccc32)cc1. The number of carbonyl (C=O) groups excluding carboxylic acids is 2. The van der Waals surface area contributed by atoms with Gasteiger partial charge >= 0.3 is 11.9 Å². The fraction of sp³-hybridized carbons (Fsp3) is 0.472. The molecule has 1 atom stereocenters. The highest BCUT2D eigenvalue weighted by atomic mass is 16.6. The molecule has 5 rings (SSSR count). The molecule has 3 aromatic carbocycles. The molecule has 15 heteroatoms. The first kappa shape index (κ1) is 53.9. The fourth-order valence-electron chi connectivity index (χ4n) is 7.57. The van der Waals surface area contributed by atoms with Gasteiger partial charge in [-0.3, -0.25) is 0 Å². The Labute approximate surface area is 400 Å². The molecular formula is C53H68O15. The highest BCUT2D eigenvalue weighted by Crippen LogP contribution is 2.57. The van der Waals surface area contributed by atoms with E-state index < -0.39 is 17.4 Å². The molecule has 0 aromatic heterocycles. The molecule has 0 radical (unpaired) electrons. The second kappa shape index (κ2) is 32.7. The molecule has 0 N–H and O–H groups in total. The number of rotatable bonds is 39. The normalized spacial score (nSPS) is 14.5. The first-order valence-corrected chi connectivity index (χ1v) is 23.3. The van der Waals surface area contributed by atoms with Crippen LogP contribution in [0.4, 0.5) is 0 Å². The molecule has 0 spiro atoms. The van der Waals surface area contributed by atoms with Gasteiger partial charge in [-0.25, -0.2) is 9.59 Å². The van der Waals surface area contributed by atoms with Gasteiger partial charge in [0.25, 0.3) is 0 Å². The Balaban J connectivity index is 0.962. The van der Waals surface area contributed by atoms with Crippen molar-refractivity contribution in [1.29, 1.82) is 0 Å². The first-order chi connectivity index (χ1) is 33.6. The number of ether oxygens (including phenoxy) is 13. The third-order valence-corrected chi connectivity index (χ3v) is 10.7. The summed E-state index contributed by atoms with van der Waals surface area (Å²) in [5.74, 6) is -0.157. The standard InChI is InChI=1S/C53H68O15/c1-3-51(54)67-41-37-63-33-29-59-24-22-56-21-23-57-27-31-61-35-39-65-45-17-13-43(14-18-45)53(49-11-7-5-9-47(49)48-10-6-8-12-50(48)53)44-15-19-46(20-16-44)66-40-36-62-32-28-58-25-26-60-30-34-64-38-42-68-52(55)4-2/h3-19,46H,1-2,20-42H2. The van der Waals surface area contributed by atoms with Gasteiger partial charge in [-0.2, -0.15) is 0 Å². The van der Waals surface area contributed by atoms with Crippen molar-refractivity contribution < 1.29 is 71.2 Å². The van der Waals surface area contributed by atoms with Crippen LogP contribution in [0.2, 0.25) is 0 Å². The van der Waals surface area contributed by atoms with Crippen molar-refractivity contribution in [2.45, 2.75) is 17.9 Å². The van der Waals surface area contributed by atoms with Crippen LogP contribution in [0.25, 0.3) is 11.1 Å². The molecule has 0 aliphatic heterocycles. The summed E-state index contributed by atoms with van der Waals surface area (Å²) in [6.45, 7) is 15.7. The van der Waals surface area contributed by atoms with Crippen LogP contribution in [0.1, 0.15) is 23.1 Å². The molecule has 0 amide bonds. The molecule has 0 heterocycles. The van der Waals surface area contributed by atoms with Gasteiger partial charge in [-0.05, 0) is 51.9 Å². The van der Waals surface area contributed by atoms with Crippen molar-refractivity contribution in [2.75, 3.05) is 145 Å². The maximum Gasteiger partial charge on any atom is 0.330 e. The third-order valence-electron chi connectivity index (χ3n) is 10.7. The largest absolute Gasteiger partial charge is 0.491 e. The zero-order chi connectivity index (χ0) is 47.8. The van der Waals surface area contributed by atoms with Crippen LogP contribution in [0.5, 0.6) is 5.75 Å². The lowest BCUT2D eigenvalue weighted by Gasteiger charge is -2.36.